The van der Waals surface area contributed by atoms with Gasteiger partial charge in [0.25, 0.3) is 5.89 Å². The molecule has 19 heavy (non-hydrogen) atoms. The zero-order valence-corrected chi connectivity index (χ0v) is 12.1. The molecular formula is C13H13Cl2N3O. The van der Waals surface area contributed by atoms with Crippen molar-refractivity contribution >= 4 is 28.9 Å². The maximum Gasteiger partial charge on any atom is 0.260 e. The monoisotopic (exact) mass is 297 g/mol. The third-order valence-electron chi connectivity index (χ3n) is 3.59. The lowest BCUT2D eigenvalue weighted by Gasteiger charge is -2.03. The van der Waals surface area contributed by atoms with Crippen molar-refractivity contribution in [3.8, 4) is 11.5 Å². The van der Waals surface area contributed by atoms with Gasteiger partial charge >= 0.3 is 0 Å². The van der Waals surface area contributed by atoms with E-state index in [-0.39, 0.29) is 5.41 Å². The van der Waals surface area contributed by atoms with E-state index >= 15 is 0 Å². The van der Waals surface area contributed by atoms with Gasteiger partial charge in [-0.2, -0.15) is 4.98 Å². The van der Waals surface area contributed by atoms with Gasteiger partial charge in [-0.15, -0.1) is 0 Å². The highest BCUT2D eigenvalue weighted by Crippen LogP contribution is 2.57. The number of hydrogen-bond acceptors (Lipinski definition) is 4. The van der Waals surface area contributed by atoms with E-state index in [1.165, 1.54) is 0 Å². The maximum absolute atomic E-state index is 6.00. The number of aromatic nitrogens is 2. The molecule has 3 rings (SSSR count). The standard InChI is InChI=1S/C13H13Cl2N3O/c1-13(2)5-8(13)11-17-12(19-18-11)7-3-6(14)4-9(15)10(7)16/h3-4,8H,5,16H2,1-2H3. The highest BCUT2D eigenvalue weighted by Gasteiger charge is 2.49. The number of hydrogen-bond donors (Lipinski definition) is 1. The van der Waals surface area contributed by atoms with Crippen molar-refractivity contribution in [1.29, 1.82) is 0 Å². The highest BCUT2D eigenvalue weighted by atomic mass is 35.5. The summed E-state index contributed by atoms with van der Waals surface area (Å²) in [5.74, 6) is 1.43. The van der Waals surface area contributed by atoms with E-state index in [1.54, 1.807) is 12.1 Å². The molecule has 2 N–H and O–H groups in total. The van der Waals surface area contributed by atoms with Gasteiger partial charge in [0, 0.05) is 10.9 Å². The van der Waals surface area contributed by atoms with Crippen LogP contribution in [0.3, 0.4) is 0 Å². The molecule has 1 aliphatic rings. The molecule has 1 fully saturated rings. The first kappa shape index (κ1) is 12.8. The fourth-order valence-electron chi connectivity index (χ4n) is 2.16. The summed E-state index contributed by atoms with van der Waals surface area (Å²) in [7, 11) is 0. The Hall–Kier alpha value is -1.26. The zero-order chi connectivity index (χ0) is 13.8. The van der Waals surface area contributed by atoms with Crippen molar-refractivity contribution < 1.29 is 4.52 Å². The topological polar surface area (TPSA) is 64.9 Å². The van der Waals surface area contributed by atoms with Crippen molar-refractivity contribution in [3.63, 3.8) is 0 Å². The number of rotatable bonds is 2. The Labute approximate surface area is 120 Å². The average molecular weight is 298 g/mol. The van der Waals surface area contributed by atoms with Gasteiger partial charge in [0.1, 0.15) is 0 Å². The first-order chi connectivity index (χ1) is 8.88. The largest absolute Gasteiger partial charge is 0.397 e. The quantitative estimate of drug-likeness (QED) is 0.846. The molecule has 1 unspecified atom stereocenters. The van der Waals surface area contributed by atoms with Crippen LogP contribution in [0.2, 0.25) is 10.0 Å². The van der Waals surface area contributed by atoms with Crippen LogP contribution < -0.4 is 5.73 Å². The van der Waals surface area contributed by atoms with Crippen molar-refractivity contribution in [2.45, 2.75) is 26.2 Å². The van der Waals surface area contributed by atoms with Crippen molar-refractivity contribution in [2.24, 2.45) is 5.41 Å². The van der Waals surface area contributed by atoms with Crippen LogP contribution in [-0.4, -0.2) is 10.1 Å². The summed E-state index contributed by atoms with van der Waals surface area (Å²) in [6.07, 6.45) is 1.07. The molecule has 4 nitrogen and oxygen atoms in total. The number of benzene rings is 1. The SMILES string of the molecule is CC1(C)CC1c1noc(-c2cc(Cl)cc(Cl)c2N)n1. The second kappa shape index (κ2) is 4.12. The third-order valence-corrected chi connectivity index (χ3v) is 4.12. The Morgan fingerprint density at radius 3 is 2.68 bits per heavy atom. The Bertz CT molecular complexity index is 651. The Morgan fingerprint density at radius 1 is 1.37 bits per heavy atom. The summed E-state index contributed by atoms with van der Waals surface area (Å²) in [6.45, 7) is 4.36. The summed E-state index contributed by atoms with van der Waals surface area (Å²) in [6, 6.07) is 3.27. The van der Waals surface area contributed by atoms with Crippen LogP contribution in [0.15, 0.2) is 16.7 Å². The first-order valence-electron chi connectivity index (χ1n) is 5.97. The molecule has 0 spiro atoms. The number of nitrogen functional groups attached to an aromatic ring is 1. The van der Waals surface area contributed by atoms with E-state index < -0.39 is 0 Å². The molecule has 1 aromatic carbocycles. The number of nitrogens with two attached hydrogens (primary N) is 1. The smallest absolute Gasteiger partial charge is 0.260 e. The summed E-state index contributed by atoms with van der Waals surface area (Å²) < 4.78 is 5.28. The van der Waals surface area contributed by atoms with E-state index in [0.29, 0.717) is 33.1 Å². The molecule has 6 heteroatoms. The summed E-state index contributed by atoms with van der Waals surface area (Å²) in [4.78, 5) is 4.41. The van der Waals surface area contributed by atoms with Crippen molar-refractivity contribution in [2.75, 3.05) is 5.73 Å². The van der Waals surface area contributed by atoms with Crippen LogP contribution >= 0.6 is 23.2 Å². The van der Waals surface area contributed by atoms with E-state index in [4.69, 9.17) is 33.5 Å². The minimum atomic E-state index is 0.249. The molecule has 1 aliphatic carbocycles. The Kier molecular flexibility index (Phi) is 2.76. The molecule has 0 radical (unpaired) electrons. The van der Waals surface area contributed by atoms with E-state index in [1.807, 2.05) is 0 Å². The molecule has 0 amide bonds. The molecule has 1 atom stereocenters. The van der Waals surface area contributed by atoms with Crippen molar-refractivity contribution in [3.05, 3.63) is 28.0 Å². The predicted octanol–water partition coefficient (Wildman–Crippen LogP) is 4.14. The highest BCUT2D eigenvalue weighted by molar-refractivity contribution is 6.37. The van der Waals surface area contributed by atoms with E-state index in [2.05, 4.69) is 24.0 Å². The minimum absolute atomic E-state index is 0.249. The van der Waals surface area contributed by atoms with Crippen LogP contribution in [0, 0.1) is 5.41 Å². The number of anilines is 1. The minimum Gasteiger partial charge on any atom is -0.397 e. The fraction of sp³-hybridized carbons (Fsp3) is 0.385. The van der Waals surface area contributed by atoms with Crippen LogP contribution in [0.5, 0.6) is 0 Å². The van der Waals surface area contributed by atoms with Gasteiger partial charge in [-0.05, 0) is 24.0 Å². The van der Waals surface area contributed by atoms with Crippen LogP contribution in [0.4, 0.5) is 5.69 Å². The van der Waals surface area contributed by atoms with E-state index in [0.717, 1.165) is 12.2 Å². The summed E-state index contributed by atoms with van der Waals surface area (Å²) in [5.41, 5.74) is 7.15. The lowest BCUT2D eigenvalue weighted by Crippen LogP contribution is -1.94. The van der Waals surface area contributed by atoms with Gasteiger partial charge < -0.3 is 10.3 Å². The van der Waals surface area contributed by atoms with Gasteiger partial charge in [0.05, 0.1) is 16.3 Å². The molecule has 100 valence electrons. The molecule has 0 aliphatic heterocycles. The molecule has 1 aromatic heterocycles. The van der Waals surface area contributed by atoms with Gasteiger partial charge in [-0.3, -0.25) is 0 Å². The predicted molar refractivity (Wildman–Crippen MR) is 75.3 cm³/mol. The van der Waals surface area contributed by atoms with Gasteiger partial charge in [0.2, 0.25) is 0 Å². The second-order valence-corrected chi connectivity index (χ2v) is 6.40. The van der Waals surface area contributed by atoms with Crippen LogP contribution in [0.1, 0.15) is 32.0 Å². The molecule has 0 saturated heterocycles. The number of nitrogens with zero attached hydrogens (tertiary/aromatic N) is 2. The molecule has 1 heterocycles. The van der Waals surface area contributed by atoms with E-state index in [9.17, 15) is 0 Å². The Morgan fingerprint density at radius 2 is 2.05 bits per heavy atom. The molecule has 1 saturated carbocycles. The normalized spacial score (nSPS) is 20.5. The maximum atomic E-state index is 6.00. The molecule has 0 bridgehead atoms. The van der Waals surface area contributed by atoms with Gasteiger partial charge in [-0.25, -0.2) is 0 Å². The van der Waals surface area contributed by atoms with Crippen LogP contribution in [0.25, 0.3) is 11.5 Å². The zero-order valence-electron chi connectivity index (χ0n) is 10.6. The summed E-state index contributed by atoms with van der Waals surface area (Å²) in [5, 5.41) is 4.89. The number of halogens is 2. The lowest BCUT2D eigenvalue weighted by molar-refractivity contribution is 0.419. The van der Waals surface area contributed by atoms with Crippen molar-refractivity contribution in [1.82, 2.24) is 10.1 Å². The third kappa shape index (κ3) is 2.19. The average Bonchev–Trinajstić information content (AvgIpc) is 2.77. The molecular weight excluding hydrogens is 285 g/mol. The Balaban J connectivity index is 2.00. The van der Waals surface area contributed by atoms with Crippen LogP contribution in [-0.2, 0) is 0 Å². The lowest BCUT2D eigenvalue weighted by atomic mass is 10.1. The first-order valence-corrected chi connectivity index (χ1v) is 6.72. The fourth-order valence-corrected chi connectivity index (χ4v) is 2.65. The molecule has 2 aromatic rings. The summed E-state index contributed by atoms with van der Waals surface area (Å²) >= 11 is 12.0. The van der Waals surface area contributed by atoms with Gasteiger partial charge in [0.15, 0.2) is 5.82 Å². The van der Waals surface area contributed by atoms with Gasteiger partial charge in [-0.1, -0.05) is 42.2 Å². The second-order valence-electron chi connectivity index (χ2n) is 5.55.